The molecule has 0 aromatic heterocycles. The summed E-state index contributed by atoms with van der Waals surface area (Å²) >= 11 is 0. The van der Waals surface area contributed by atoms with Crippen LogP contribution in [0.2, 0.25) is 0 Å². The van der Waals surface area contributed by atoms with Crippen LogP contribution in [0.5, 0.6) is 0 Å². The minimum absolute atomic E-state index is 0. The standard InChI is InChI=1S/C9H8O10.Hf/c1-2-3(10)19-9(7(15)16,8(17)18)4(5(11)12)6(13)14;/h2,4H,1H2,(H,11,12)(H,13,14)(H,15,16)(H,17,18);. The van der Waals surface area contributed by atoms with Crippen LogP contribution in [0, 0.1) is 5.92 Å². The summed E-state index contributed by atoms with van der Waals surface area (Å²) in [5.41, 5.74) is -3.80. The van der Waals surface area contributed by atoms with E-state index >= 15 is 0 Å². The van der Waals surface area contributed by atoms with Gasteiger partial charge >= 0.3 is 35.4 Å². The molecule has 0 fully saturated rings. The van der Waals surface area contributed by atoms with E-state index < -0.39 is 41.4 Å². The molecule has 0 saturated carbocycles. The fourth-order valence-electron chi connectivity index (χ4n) is 1.14. The van der Waals surface area contributed by atoms with Crippen molar-refractivity contribution in [1.82, 2.24) is 0 Å². The smallest absolute Gasteiger partial charge is 0.361 e. The van der Waals surface area contributed by atoms with Gasteiger partial charge in [-0.25, -0.2) is 14.4 Å². The average Bonchev–Trinajstić information content (AvgIpc) is 2.25. The van der Waals surface area contributed by atoms with Crippen molar-refractivity contribution < 1.29 is 75.0 Å². The third-order valence-corrected chi connectivity index (χ3v) is 1.96. The third-order valence-electron chi connectivity index (χ3n) is 1.96. The third kappa shape index (κ3) is 3.73. The number of hydrogen-bond acceptors (Lipinski definition) is 6. The minimum atomic E-state index is -3.80. The molecular formula is C9H8HfO10. The molecule has 0 aliphatic rings. The van der Waals surface area contributed by atoms with Crippen LogP contribution in [0.1, 0.15) is 0 Å². The Kier molecular flexibility index (Phi) is 7.63. The molecule has 11 heteroatoms. The van der Waals surface area contributed by atoms with Gasteiger partial charge in [-0.3, -0.25) is 9.59 Å². The molecule has 0 aromatic rings. The first-order valence-electron chi connectivity index (χ1n) is 4.39. The predicted molar refractivity (Wildman–Crippen MR) is 53.1 cm³/mol. The van der Waals surface area contributed by atoms with Gasteiger partial charge in [0, 0.05) is 31.9 Å². The second-order valence-electron chi connectivity index (χ2n) is 3.08. The monoisotopic (exact) mass is 456 g/mol. The molecule has 0 amide bonds. The van der Waals surface area contributed by atoms with E-state index in [0.717, 1.165) is 0 Å². The van der Waals surface area contributed by atoms with Gasteiger partial charge in [0.2, 0.25) is 5.92 Å². The molecule has 108 valence electrons. The van der Waals surface area contributed by atoms with Gasteiger partial charge in [0.25, 0.3) is 0 Å². The maximum atomic E-state index is 10.9. The van der Waals surface area contributed by atoms with Crippen molar-refractivity contribution in [2.45, 2.75) is 5.60 Å². The van der Waals surface area contributed by atoms with Crippen LogP contribution < -0.4 is 0 Å². The Morgan fingerprint density at radius 2 is 1.30 bits per heavy atom. The van der Waals surface area contributed by atoms with Crippen molar-refractivity contribution in [3.05, 3.63) is 12.7 Å². The molecule has 0 saturated heterocycles. The molecule has 20 heavy (non-hydrogen) atoms. The van der Waals surface area contributed by atoms with E-state index in [1.54, 1.807) is 0 Å². The molecule has 10 nitrogen and oxygen atoms in total. The Morgan fingerprint density at radius 1 is 0.950 bits per heavy atom. The topological polar surface area (TPSA) is 176 Å². The second kappa shape index (κ2) is 7.53. The van der Waals surface area contributed by atoms with Gasteiger partial charge in [-0.1, -0.05) is 6.58 Å². The number of carbonyl (C=O) groups is 5. The van der Waals surface area contributed by atoms with Crippen molar-refractivity contribution in [3.8, 4) is 0 Å². The summed E-state index contributed by atoms with van der Waals surface area (Å²) in [6, 6.07) is 0. The Morgan fingerprint density at radius 3 is 1.50 bits per heavy atom. The Labute approximate surface area is 129 Å². The molecule has 0 heterocycles. The number of aliphatic carboxylic acids is 4. The summed E-state index contributed by atoms with van der Waals surface area (Å²) in [6.07, 6.45) is 0.362. The van der Waals surface area contributed by atoms with E-state index in [4.69, 9.17) is 20.4 Å². The number of carboxylic acids is 4. The molecule has 0 rings (SSSR count). The van der Waals surface area contributed by atoms with Crippen molar-refractivity contribution in [2.75, 3.05) is 0 Å². The van der Waals surface area contributed by atoms with Crippen molar-refractivity contribution >= 4 is 29.8 Å². The molecule has 0 aromatic carbocycles. The molecule has 0 bridgehead atoms. The molecule has 0 atom stereocenters. The summed E-state index contributed by atoms with van der Waals surface area (Å²) < 4.78 is 3.98. The molecule has 0 aliphatic carbocycles. The van der Waals surface area contributed by atoms with Crippen LogP contribution in [-0.4, -0.2) is 55.9 Å². The largest absolute Gasteiger partial charge is 0.480 e. The summed E-state index contributed by atoms with van der Waals surface area (Å²) in [6.45, 7) is 2.86. The van der Waals surface area contributed by atoms with E-state index in [2.05, 4.69) is 11.3 Å². The number of carboxylic acid groups (broad SMARTS) is 4. The predicted octanol–water partition coefficient (Wildman–Crippen LogP) is -1.59. The number of ether oxygens (including phenoxy) is 1. The number of hydrogen-bond donors (Lipinski definition) is 4. The number of rotatable bonds is 7. The van der Waals surface area contributed by atoms with Gasteiger partial charge in [0.15, 0.2) is 0 Å². The Balaban J connectivity index is 0. The van der Waals surface area contributed by atoms with Crippen LogP contribution in [0.15, 0.2) is 12.7 Å². The van der Waals surface area contributed by atoms with Crippen LogP contribution in [0.3, 0.4) is 0 Å². The van der Waals surface area contributed by atoms with E-state index in [0.29, 0.717) is 6.08 Å². The van der Waals surface area contributed by atoms with Crippen LogP contribution >= 0.6 is 0 Å². The van der Waals surface area contributed by atoms with E-state index in [1.165, 1.54) is 0 Å². The summed E-state index contributed by atoms with van der Waals surface area (Å²) in [5, 5.41) is 34.9. The fourth-order valence-corrected chi connectivity index (χ4v) is 1.14. The molecular weight excluding hydrogens is 447 g/mol. The first-order valence-corrected chi connectivity index (χ1v) is 4.39. The van der Waals surface area contributed by atoms with E-state index in [9.17, 15) is 24.0 Å². The summed E-state index contributed by atoms with van der Waals surface area (Å²) in [5.74, 6) is -14.1. The Hall–Kier alpha value is -2.04. The zero-order valence-electron chi connectivity index (χ0n) is 9.60. The molecule has 0 spiro atoms. The van der Waals surface area contributed by atoms with Gasteiger partial charge in [-0.05, 0) is 0 Å². The maximum Gasteiger partial charge on any atom is 0.361 e. The van der Waals surface area contributed by atoms with Crippen LogP contribution in [0.25, 0.3) is 0 Å². The van der Waals surface area contributed by atoms with Gasteiger partial charge in [0.1, 0.15) is 0 Å². The van der Waals surface area contributed by atoms with E-state index in [-0.39, 0.29) is 25.8 Å². The second-order valence-corrected chi connectivity index (χ2v) is 3.08. The van der Waals surface area contributed by atoms with E-state index in [1.807, 2.05) is 0 Å². The molecule has 0 radical (unpaired) electrons. The minimum Gasteiger partial charge on any atom is -0.480 e. The first kappa shape index (κ1) is 20.3. The molecule has 0 aliphatic heterocycles. The molecule has 0 unspecified atom stereocenters. The van der Waals surface area contributed by atoms with Gasteiger partial charge in [-0.2, -0.15) is 0 Å². The first-order chi connectivity index (χ1) is 8.61. The zero-order valence-corrected chi connectivity index (χ0v) is 13.2. The zero-order chi connectivity index (χ0) is 15.4. The van der Waals surface area contributed by atoms with Crippen LogP contribution in [-0.2, 0) is 54.6 Å². The summed E-state index contributed by atoms with van der Waals surface area (Å²) in [4.78, 5) is 54.3. The fraction of sp³-hybridized carbons (Fsp3) is 0.222. The summed E-state index contributed by atoms with van der Waals surface area (Å²) in [7, 11) is 0. The van der Waals surface area contributed by atoms with Gasteiger partial charge in [-0.15, -0.1) is 0 Å². The quantitative estimate of drug-likeness (QED) is 0.152. The maximum absolute atomic E-state index is 10.9. The average molecular weight is 455 g/mol. The number of carbonyl (C=O) groups excluding carboxylic acids is 1. The Bertz CT molecular complexity index is 439. The SMILES string of the molecule is C=CC(=O)OC(C(=O)O)(C(=O)O)C(C(=O)O)C(=O)O.[Hf]. The normalized spacial score (nSPS) is 10.1. The number of esters is 1. The van der Waals surface area contributed by atoms with Gasteiger partial charge in [0.05, 0.1) is 0 Å². The van der Waals surface area contributed by atoms with Crippen LogP contribution in [0.4, 0.5) is 0 Å². The van der Waals surface area contributed by atoms with Crippen molar-refractivity contribution in [1.29, 1.82) is 0 Å². The van der Waals surface area contributed by atoms with Crippen molar-refractivity contribution in [2.24, 2.45) is 5.92 Å². The van der Waals surface area contributed by atoms with Gasteiger partial charge < -0.3 is 25.2 Å². The van der Waals surface area contributed by atoms with Crippen molar-refractivity contribution in [3.63, 3.8) is 0 Å². The molecule has 4 N–H and O–H groups in total.